The van der Waals surface area contributed by atoms with Crippen molar-refractivity contribution in [2.24, 2.45) is 5.73 Å². The molecule has 8 heteroatoms. The van der Waals surface area contributed by atoms with E-state index >= 15 is 0 Å². The third-order valence-corrected chi connectivity index (χ3v) is 3.98. The Morgan fingerprint density at radius 2 is 1.93 bits per heavy atom. The summed E-state index contributed by atoms with van der Waals surface area (Å²) in [6, 6.07) is 7.33. The van der Waals surface area contributed by atoms with Gasteiger partial charge < -0.3 is 15.8 Å². The zero-order valence-electron chi connectivity index (χ0n) is 14.4. The summed E-state index contributed by atoms with van der Waals surface area (Å²) in [6.07, 6.45) is 5.78. The number of aromatic nitrogens is 2. The quantitative estimate of drug-likeness (QED) is 0.604. The number of amides is 2. The highest BCUT2D eigenvalue weighted by Crippen LogP contribution is 2.22. The first-order valence-corrected chi connectivity index (χ1v) is 8.41. The minimum absolute atomic E-state index is 0.150. The van der Waals surface area contributed by atoms with Gasteiger partial charge in [-0.05, 0) is 18.9 Å². The smallest absolute Gasteiger partial charge is 0.287 e. The van der Waals surface area contributed by atoms with Crippen LogP contribution < -0.4 is 15.8 Å². The highest BCUT2D eigenvalue weighted by Gasteiger charge is 2.25. The number of nitrogens with one attached hydrogen (secondary N) is 1. The van der Waals surface area contributed by atoms with Gasteiger partial charge in [0, 0.05) is 17.8 Å². The number of ether oxygens (including phenoxy) is 1. The van der Waals surface area contributed by atoms with Crippen molar-refractivity contribution in [3.63, 3.8) is 0 Å². The number of ketones is 1. The van der Waals surface area contributed by atoms with Crippen LogP contribution >= 0.6 is 0 Å². The molecule has 1 aromatic heterocycles. The fourth-order valence-electron chi connectivity index (χ4n) is 2.65. The van der Waals surface area contributed by atoms with Crippen molar-refractivity contribution >= 4 is 17.6 Å². The minimum Gasteiger partial charge on any atom is -0.477 e. The number of carbonyl (C=O) groups excluding carboxylic acids is 3. The maximum Gasteiger partial charge on any atom is 0.287 e. The van der Waals surface area contributed by atoms with E-state index in [0.29, 0.717) is 30.3 Å². The Hall–Kier alpha value is -3.55. The van der Waals surface area contributed by atoms with Crippen LogP contribution in [0.1, 0.15) is 23.2 Å². The number of nitrogens with zero attached hydrogens (tertiary/aromatic N) is 2. The summed E-state index contributed by atoms with van der Waals surface area (Å²) in [5.41, 5.74) is 5.87. The summed E-state index contributed by atoms with van der Waals surface area (Å²) in [7, 11) is 0. The summed E-state index contributed by atoms with van der Waals surface area (Å²) in [5, 5.41) is 2.59. The van der Waals surface area contributed by atoms with E-state index < -0.39 is 23.6 Å². The zero-order chi connectivity index (χ0) is 19.2. The van der Waals surface area contributed by atoms with E-state index in [1.165, 1.54) is 0 Å². The van der Waals surface area contributed by atoms with E-state index in [0.717, 1.165) is 0 Å². The maximum atomic E-state index is 12.8. The Morgan fingerprint density at radius 1 is 1.15 bits per heavy atom. The number of benzene rings is 1. The van der Waals surface area contributed by atoms with Crippen LogP contribution in [-0.4, -0.2) is 40.2 Å². The molecule has 1 aromatic carbocycles. The lowest BCUT2D eigenvalue weighted by Crippen LogP contribution is -2.45. The van der Waals surface area contributed by atoms with Gasteiger partial charge in [-0.15, -0.1) is 0 Å². The molecule has 0 unspecified atom stereocenters. The molecule has 0 saturated carbocycles. The van der Waals surface area contributed by atoms with E-state index in [-0.39, 0.29) is 12.0 Å². The van der Waals surface area contributed by atoms with Crippen LogP contribution in [0, 0.1) is 0 Å². The molecule has 27 heavy (non-hydrogen) atoms. The molecule has 0 aliphatic carbocycles. The molecule has 1 aliphatic heterocycles. The molecule has 0 fully saturated rings. The fourth-order valence-corrected chi connectivity index (χ4v) is 2.65. The molecule has 0 radical (unpaired) electrons. The van der Waals surface area contributed by atoms with Gasteiger partial charge in [-0.25, -0.2) is 4.98 Å². The second kappa shape index (κ2) is 8.22. The van der Waals surface area contributed by atoms with Gasteiger partial charge in [0.15, 0.2) is 5.82 Å². The van der Waals surface area contributed by atoms with Gasteiger partial charge in [0.2, 0.25) is 11.7 Å². The van der Waals surface area contributed by atoms with E-state index in [1.54, 1.807) is 48.7 Å². The van der Waals surface area contributed by atoms with Gasteiger partial charge in [0.1, 0.15) is 6.04 Å². The number of Topliss-reactive ketones (excluding diaryl/α,β-unsaturated/α-hetero) is 1. The van der Waals surface area contributed by atoms with Crippen molar-refractivity contribution in [3.8, 4) is 17.3 Å². The molecule has 3 N–H and O–H groups in total. The summed E-state index contributed by atoms with van der Waals surface area (Å²) < 4.78 is 5.60. The molecule has 2 aromatic rings. The number of primary amides is 1. The van der Waals surface area contributed by atoms with Crippen LogP contribution in [0.4, 0.5) is 0 Å². The average Bonchev–Trinajstić information content (AvgIpc) is 2.68. The van der Waals surface area contributed by atoms with Gasteiger partial charge >= 0.3 is 0 Å². The maximum absolute atomic E-state index is 12.8. The predicted molar refractivity (Wildman–Crippen MR) is 96.8 cm³/mol. The second-order valence-corrected chi connectivity index (χ2v) is 5.86. The van der Waals surface area contributed by atoms with E-state index in [9.17, 15) is 14.4 Å². The molecule has 2 heterocycles. The lowest BCUT2D eigenvalue weighted by molar-refractivity contribution is -0.137. The number of hydrogen-bond donors (Lipinski definition) is 2. The normalized spacial score (nSPS) is 18.2. The lowest BCUT2D eigenvalue weighted by atomic mass is 10.0. The van der Waals surface area contributed by atoms with Crippen LogP contribution in [0.3, 0.4) is 0 Å². The van der Waals surface area contributed by atoms with Gasteiger partial charge in [-0.3, -0.25) is 14.4 Å². The van der Waals surface area contributed by atoms with Gasteiger partial charge in [0.25, 0.3) is 11.8 Å². The van der Waals surface area contributed by atoms with Crippen LogP contribution in [0.15, 0.2) is 48.7 Å². The van der Waals surface area contributed by atoms with E-state index in [2.05, 4.69) is 15.3 Å². The number of hydrogen-bond acceptors (Lipinski definition) is 6. The van der Waals surface area contributed by atoms with Gasteiger partial charge in [0.05, 0.1) is 12.2 Å². The molecule has 8 nitrogen and oxygen atoms in total. The first-order chi connectivity index (χ1) is 13.1. The van der Waals surface area contributed by atoms with Crippen molar-refractivity contribution in [2.75, 3.05) is 6.61 Å². The van der Waals surface area contributed by atoms with E-state index in [1.807, 2.05) is 0 Å². The fraction of sp³-hybridized carbons (Fsp3) is 0.211. The van der Waals surface area contributed by atoms with Crippen LogP contribution in [0.25, 0.3) is 11.4 Å². The molecule has 2 amide bonds. The summed E-state index contributed by atoms with van der Waals surface area (Å²) >= 11 is 0. The first-order valence-electron chi connectivity index (χ1n) is 8.41. The van der Waals surface area contributed by atoms with E-state index in [4.69, 9.17) is 10.5 Å². The minimum atomic E-state index is -1.09. The van der Waals surface area contributed by atoms with Crippen molar-refractivity contribution in [2.45, 2.75) is 18.9 Å². The topological polar surface area (TPSA) is 124 Å². The average molecular weight is 366 g/mol. The Bertz CT molecular complexity index is 910. The zero-order valence-corrected chi connectivity index (χ0v) is 14.4. The van der Waals surface area contributed by atoms with Crippen LogP contribution in [-0.2, 0) is 9.59 Å². The monoisotopic (exact) mass is 366 g/mol. The molecule has 3 rings (SSSR count). The highest BCUT2D eigenvalue weighted by molar-refractivity contribution is 6.38. The molecule has 1 atom stereocenters. The number of fused-ring (bicyclic) bond motifs is 4. The lowest BCUT2D eigenvalue weighted by Gasteiger charge is -2.16. The number of carbonyl (C=O) groups is 3. The van der Waals surface area contributed by atoms with Crippen molar-refractivity contribution in [1.82, 2.24) is 15.3 Å². The molecular formula is C19H18N4O4. The van der Waals surface area contributed by atoms with Crippen molar-refractivity contribution in [3.05, 3.63) is 54.2 Å². The van der Waals surface area contributed by atoms with Crippen LogP contribution in [0.2, 0.25) is 0 Å². The van der Waals surface area contributed by atoms with Gasteiger partial charge in [-0.1, -0.05) is 30.4 Å². The molecule has 0 saturated heterocycles. The van der Waals surface area contributed by atoms with Crippen molar-refractivity contribution in [1.29, 1.82) is 0 Å². The first kappa shape index (κ1) is 18.2. The highest BCUT2D eigenvalue weighted by atomic mass is 16.5. The molecule has 0 spiro atoms. The standard InChI is InChI=1S/C19H18N4O4/c20-17(25)16(24)14-8-2-1-5-11-27-15-9-10-21-18(23-15)12-6-3-4-7-13(12)19(26)22-14/h1-4,6-7,9-10,14H,5,8,11H2,(H2,20,25)(H,22,26)/b2-1+/t14-/m0/s1. The number of nitrogens with two attached hydrogens (primary N) is 1. The Labute approximate surface area is 155 Å². The Balaban J connectivity index is 2.03. The Morgan fingerprint density at radius 3 is 2.70 bits per heavy atom. The number of rotatable bonds is 2. The summed E-state index contributed by atoms with van der Waals surface area (Å²) in [4.78, 5) is 44.7. The SMILES string of the molecule is NC(=O)C(=O)[C@@H]1C/C=C/CCOc2ccnc(n2)-c2ccccc2C(=O)N1. The van der Waals surface area contributed by atoms with Gasteiger partial charge in [-0.2, -0.15) is 4.98 Å². The van der Waals surface area contributed by atoms with Crippen LogP contribution in [0.5, 0.6) is 5.88 Å². The second-order valence-electron chi connectivity index (χ2n) is 5.86. The third-order valence-electron chi connectivity index (χ3n) is 3.98. The largest absolute Gasteiger partial charge is 0.477 e. The summed E-state index contributed by atoms with van der Waals surface area (Å²) in [5.74, 6) is -1.74. The predicted octanol–water partition coefficient (Wildman–Crippen LogP) is 1.03. The third kappa shape index (κ3) is 4.35. The molecule has 138 valence electrons. The molecule has 2 bridgehead atoms. The molecular weight excluding hydrogens is 348 g/mol. The Kier molecular flexibility index (Phi) is 5.55. The van der Waals surface area contributed by atoms with Crippen molar-refractivity contribution < 1.29 is 19.1 Å². The molecule has 1 aliphatic rings. The summed E-state index contributed by atoms with van der Waals surface area (Å²) in [6.45, 7) is 0.384.